The molecular weight excluding hydrogens is 246 g/mol. The summed E-state index contributed by atoms with van der Waals surface area (Å²) < 4.78 is 0. The van der Waals surface area contributed by atoms with Gasteiger partial charge in [0.2, 0.25) is 5.91 Å². The molecule has 0 spiro atoms. The topological polar surface area (TPSA) is 118 Å². The number of carbonyl (C=O) groups is 2. The molecule has 2 rings (SSSR count). The number of piperidine rings is 1. The van der Waals surface area contributed by atoms with E-state index < -0.39 is 11.9 Å². The van der Waals surface area contributed by atoms with Crippen LogP contribution in [0.3, 0.4) is 0 Å². The highest BCUT2D eigenvalue weighted by Crippen LogP contribution is 2.26. The minimum Gasteiger partial charge on any atom is -0.364 e. The number of nitrogens with zero attached hydrogens (tertiary/aromatic N) is 2. The molecule has 2 heterocycles. The lowest BCUT2D eigenvalue weighted by Gasteiger charge is -2.33. The molecule has 0 bridgehead atoms. The zero-order valence-corrected chi connectivity index (χ0v) is 10.9. The fourth-order valence-electron chi connectivity index (χ4n) is 2.39. The van der Waals surface area contributed by atoms with Gasteiger partial charge in [-0.05, 0) is 25.8 Å². The van der Waals surface area contributed by atoms with Gasteiger partial charge in [0.1, 0.15) is 5.69 Å². The summed E-state index contributed by atoms with van der Waals surface area (Å²) in [5.74, 6) is -0.446. The molecule has 104 valence electrons. The van der Waals surface area contributed by atoms with E-state index in [0.29, 0.717) is 6.54 Å². The summed E-state index contributed by atoms with van der Waals surface area (Å²) in [6.45, 7) is 3.02. The van der Waals surface area contributed by atoms with Crippen LogP contribution in [0.5, 0.6) is 0 Å². The largest absolute Gasteiger partial charge is 0.364 e. The molecule has 0 aromatic carbocycles. The van der Waals surface area contributed by atoms with Crippen LogP contribution in [0.1, 0.15) is 41.9 Å². The van der Waals surface area contributed by atoms with Gasteiger partial charge in [-0.1, -0.05) is 0 Å². The zero-order chi connectivity index (χ0) is 14.0. The van der Waals surface area contributed by atoms with E-state index in [1.165, 1.54) is 0 Å². The molecule has 2 amide bonds. The third-order valence-corrected chi connectivity index (χ3v) is 3.41. The van der Waals surface area contributed by atoms with Crippen molar-refractivity contribution in [2.75, 3.05) is 13.1 Å². The van der Waals surface area contributed by atoms with Gasteiger partial charge >= 0.3 is 0 Å². The van der Waals surface area contributed by atoms with Crippen LogP contribution < -0.4 is 11.5 Å². The molecule has 7 nitrogen and oxygen atoms in total. The Balaban J connectivity index is 2.08. The van der Waals surface area contributed by atoms with Crippen molar-refractivity contribution in [2.45, 2.75) is 31.7 Å². The van der Waals surface area contributed by atoms with E-state index in [4.69, 9.17) is 11.5 Å². The van der Waals surface area contributed by atoms with E-state index in [-0.39, 0.29) is 17.5 Å². The number of nitrogens with one attached hydrogen (secondary N) is 1. The van der Waals surface area contributed by atoms with E-state index >= 15 is 0 Å². The van der Waals surface area contributed by atoms with Crippen LogP contribution in [0.15, 0.2) is 6.07 Å². The fourth-order valence-corrected chi connectivity index (χ4v) is 2.39. The van der Waals surface area contributed by atoms with Crippen LogP contribution in [-0.4, -0.2) is 46.0 Å². The number of aromatic nitrogens is 2. The van der Waals surface area contributed by atoms with Gasteiger partial charge in [0.25, 0.3) is 5.91 Å². The Bertz CT molecular complexity index is 482. The van der Waals surface area contributed by atoms with Crippen molar-refractivity contribution in [2.24, 2.45) is 11.5 Å². The highest BCUT2D eigenvalue weighted by atomic mass is 16.2. The lowest BCUT2D eigenvalue weighted by molar-refractivity contribution is -0.133. The SMILES string of the molecule is C[C@@H](N)C(=O)N1CCCC(c2cc(C(N)=O)n[nH]2)C1. The predicted octanol–water partition coefficient (Wildman–Crippen LogP) is -0.438. The molecule has 1 unspecified atom stereocenters. The summed E-state index contributed by atoms with van der Waals surface area (Å²) in [6.07, 6.45) is 1.86. The number of H-pyrrole nitrogens is 1. The standard InChI is InChI=1S/C12H19N5O2/c1-7(13)12(19)17-4-2-3-8(6-17)9-5-10(11(14)18)16-15-9/h5,7-8H,2-4,6,13H2,1H3,(H2,14,18)(H,15,16)/t7-,8?/m1/s1. The van der Waals surface area contributed by atoms with E-state index in [0.717, 1.165) is 25.1 Å². The van der Waals surface area contributed by atoms with Crippen LogP contribution in [0.2, 0.25) is 0 Å². The number of aromatic amines is 1. The summed E-state index contributed by atoms with van der Waals surface area (Å²) in [7, 11) is 0. The number of hydrogen-bond acceptors (Lipinski definition) is 4. The van der Waals surface area contributed by atoms with Crippen LogP contribution in [0.4, 0.5) is 0 Å². The normalized spacial score (nSPS) is 21.2. The molecule has 19 heavy (non-hydrogen) atoms. The Morgan fingerprint density at radius 1 is 1.58 bits per heavy atom. The number of rotatable bonds is 3. The number of nitrogens with two attached hydrogens (primary N) is 2. The van der Waals surface area contributed by atoms with Gasteiger partial charge < -0.3 is 16.4 Å². The first-order valence-corrected chi connectivity index (χ1v) is 6.38. The first kappa shape index (κ1) is 13.5. The Labute approximate surface area is 111 Å². The molecule has 1 saturated heterocycles. The van der Waals surface area contributed by atoms with Gasteiger partial charge in [-0.3, -0.25) is 14.7 Å². The van der Waals surface area contributed by atoms with E-state index in [1.807, 2.05) is 0 Å². The Kier molecular flexibility index (Phi) is 3.84. The second kappa shape index (κ2) is 5.40. The summed E-state index contributed by atoms with van der Waals surface area (Å²) in [6, 6.07) is 1.18. The molecule has 0 saturated carbocycles. The maximum absolute atomic E-state index is 11.9. The van der Waals surface area contributed by atoms with Crippen molar-refractivity contribution < 1.29 is 9.59 Å². The fraction of sp³-hybridized carbons (Fsp3) is 0.583. The number of carbonyl (C=O) groups excluding carboxylic acids is 2. The average Bonchev–Trinajstić information content (AvgIpc) is 2.87. The number of primary amides is 1. The van der Waals surface area contributed by atoms with Gasteiger partial charge in [-0.2, -0.15) is 5.10 Å². The molecule has 1 aliphatic heterocycles. The van der Waals surface area contributed by atoms with Gasteiger partial charge in [0.15, 0.2) is 0 Å². The van der Waals surface area contributed by atoms with Gasteiger partial charge in [-0.15, -0.1) is 0 Å². The Hall–Kier alpha value is -1.89. The maximum Gasteiger partial charge on any atom is 0.269 e. The molecule has 1 aromatic rings. The second-order valence-electron chi connectivity index (χ2n) is 4.98. The lowest BCUT2D eigenvalue weighted by atomic mass is 9.94. The third-order valence-electron chi connectivity index (χ3n) is 3.41. The smallest absolute Gasteiger partial charge is 0.269 e. The molecule has 0 radical (unpaired) electrons. The summed E-state index contributed by atoms with van der Waals surface area (Å²) in [4.78, 5) is 24.7. The number of hydrogen-bond donors (Lipinski definition) is 3. The van der Waals surface area contributed by atoms with Crippen LogP contribution in [0.25, 0.3) is 0 Å². The minimum absolute atomic E-state index is 0.0423. The zero-order valence-electron chi connectivity index (χ0n) is 10.9. The summed E-state index contributed by atoms with van der Waals surface area (Å²) >= 11 is 0. The van der Waals surface area contributed by atoms with Crippen LogP contribution in [0, 0.1) is 0 Å². The van der Waals surface area contributed by atoms with Crippen molar-refractivity contribution in [1.82, 2.24) is 15.1 Å². The molecule has 0 aliphatic carbocycles. The molecule has 7 heteroatoms. The third kappa shape index (κ3) is 2.93. The highest BCUT2D eigenvalue weighted by Gasteiger charge is 2.27. The highest BCUT2D eigenvalue weighted by molar-refractivity contribution is 5.90. The van der Waals surface area contributed by atoms with Gasteiger partial charge in [-0.25, -0.2) is 0 Å². The minimum atomic E-state index is -0.554. The molecule has 5 N–H and O–H groups in total. The van der Waals surface area contributed by atoms with Gasteiger partial charge in [0, 0.05) is 24.7 Å². The Morgan fingerprint density at radius 2 is 2.32 bits per heavy atom. The van der Waals surface area contributed by atoms with Crippen molar-refractivity contribution >= 4 is 11.8 Å². The lowest BCUT2D eigenvalue weighted by Crippen LogP contribution is -2.46. The number of amides is 2. The predicted molar refractivity (Wildman–Crippen MR) is 69.3 cm³/mol. The maximum atomic E-state index is 11.9. The van der Waals surface area contributed by atoms with E-state index in [2.05, 4.69) is 10.2 Å². The van der Waals surface area contributed by atoms with E-state index in [9.17, 15) is 9.59 Å². The average molecular weight is 265 g/mol. The molecular formula is C12H19N5O2. The summed E-state index contributed by atoms with van der Waals surface area (Å²) in [5, 5.41) is 6.69. The quantitative estimate of drug-likeness (QED) is 0.686. The van der Waals surface area contributed by atoms with Crippen molar-refractivity contribution in [1.29, 1.82) is 0 Å². The monoisotopic (exact) mass is 265 g/mol. The molecule has 1 fully saturated rings. The first-order valence-electron chi connectivity index (χ1n) is 6.38. The van der Waals surface area contributed by atoms with Crippen LogP contribution >= 0.6 is 0 Å². The van der Waals surface area contributed by atoms with Gasteiger partial charge in [0.05, 0.1) is 6.04 Å². The second-order valence-corrected chi connectivity index (χ2v) is 4.98. The van der Waals surface area contributed by atoms with E-state index in [1.54, 1.807) is 17.9 Å². The first-order chi connectivity index (χ1) is 8.99. The Morgan fingerprint density at radius 3 is 2.89 bits per heavy atom. The molecule has 1 aromatic heterocycles. The van der Waals surface area contributed by atoms with Crippen molar-refractivity contribution in [3.8, 4) is 0 Å². The summed E-state index contributed by atoms with van der Waals surface area (Å²) in [5.41, 5.74) is 11.9. The molecule has 2 atom stereocenters. The van der Waals surface area contributed by atoms with Crippen LogP contribution in [-0.2, 0) is 4.79 Å². The van der Waals surface area contributed by atoms with Crippen molar-refractivity contribution in [3.63, 3.8) is 0 Å². The molecule has 1 aliphatic rings. The van der Waals surface area contributed by atoms with Crippen molar-refractivity contribution in [3.05, 3.63) is 17.5 Å². The number of likely N-dealkylation sites (tertiary alicyclic amines) is 1.